The van der Waals surface area contributed by atoms with E-state index >= 15 is 0 Å². The van der Waals surface area contributed by atoms with Crippen molar-refractivity contribution < 1.29 is 8.76 Å². The van der Waals surface area contributed by atoms with Gasteiger partial charge >= 0.3 is 0 Å². The molecular weight excluding hydrogens is 294 g/mol. The SMILES string of the molecule is CCN(CC)c1ccc(/C=C/c2ccc(S(=O)O)cc2)cc1. The third-order valence-electron chi connectivity index (χ3n) is 3.57. The fraction of sp³-hybridized carbons (Fsp3) is 0.222. The molecule has 0 bridgehead atoms. The Morgan fingerprint density at radius 2 is 1.36 bits per heavy atom. The van der Waals surface area contributed by atoms with Gasteiger partial charge in [0.2, 0.25) is 0 Å². The molecule has 0 aromatic heterocycles. The molecule has 0 fully saturated rings. The van der Waals surface area contributed by atoms with Crippen LogP contribution in [0.4, 0.5) is 5.69 Å². The largest absolute Gasteiger partial charge is 0.372 e. The lowest BCUT2D eigenvalue weighted by Gasteiger charge is -2.20. The van der Waals surface area contributed by atoms with Crippen molar-refractivity contribution in [2.24, 2.45) is 0 Å². The van der Waals surface area contributed by atoms with Gasteiger partial charge in [0.15, 0.2) is 11.1 Å². The second-order valence-corrected chi connectivity index (χ2v) is 5.89. The Morgan fingerprint density at radius 3 is 1.77 bits per heavy atom. The molecule has 1 unspecified atom stereocenters. The third kappa shape index (κ3) is 4.29. The summed E-state index contributed by atoms with van der Waals surface area (Å²) in [6.45, 7) is 6.31. The van der Waals surface area contributed by atoms with E-state index in [1.165, 1.54) is 5.69 Å². The average molecular weight is 315 g/mol. The first-order chi connectivity index (χ1) is 10.6. The first-order valence-corrected chi connectivity index (χ1v) is 8.48. The lowest BCUT2D eigenvalue weighted by Crippen LogP contribution is -2.21. The van der Waals surface area contributed by atoms with Crippen LogP contribution in [-0.2, 0) is 11.1 Å². The molecule has 116 valence electrons. The van der Waals surface area contributed by atoms with Gasteiger partial charge in [0.25, 0.3) is 0 Å². The van der Waals surface area contributed by atoms with Crippen LogP contribution in [-0.4, -0.2) is 21.9 Å². The van der Waals surface area contributed by atoms with Gasteiger partial charge in [-0.05, 0) is 49.2 Å². The van der Waals surface area contributed by atoms with Gasteiger partial charge in [-0.15, -0.1) is 0 Å². The molecule has 0 aliphatic carbocycles. The van der Waals surface area contributed by atoms with Crippen molar-refractivity contribution in [1.29, 1.82) is 0 Å². The van der Waals surface area contributed by atoms with E-state index in [2.05, 4.69) is 43.0 Å². The number of rotatable bonds is 6. The first kappa shape index (κ1) is 16.5. The van der Waals surface area contributed by atoms with Gasteiger partial charge in [0, 0.05) is 18.8 Å². The van der Waals surface area contributed by atoms with E-state index in [1.54, 1.807) is 12.1 Å². The van der Waals surface area contributed by atoms with E-state index in [4.69, 9.17) is 4.55 Å². The van der Waals surface area contributed by atoms with E-state index in [1.807, 2.05) is 24.3 Å². The van der Waals surface area contributed by atoms with Gasteiger partial charge in [-0.25, -0.2) is 4.21 Å². The summed E-state index contributed by atoms with van der Waals surface area (Å²) in [5.41, 5.74) is 3.37. The number of anilines is 1. The molecule has 0 aliphatic rings. The van der Waals surface area contributed by atoms with E-state index in [0.717, 1.165) is 24.2 Å². The minimum Gasteiger partial charge on any atom is -0.372 e. The number of nitrogens with zero attached hydrogens (tertiary/aromatic N) is 1. The normalized spacial score (nSPS) is 12.5. The second-order valence-electron chi connectivity index (χ2n) is 4.92. The van der Waals surface area contributed by atoms with Crippen LogP contribution in [0.25, 0.3) is 12.2 Å². The zero-order chi connectivity index (χ0) is 15.9. The van der Waals surface area contributed by atoms with Crippen molar-refractivity contribution in [3.8, 4) is 0 Å². The zero-order valence-corrected chi connectivity index (χ0v) is 13.7. The van der Waals surface area contributed by atoms with E-state index in [0.29, 0.717) is 4.90 Å². The van der Waals surface area contributed by atoms with Crippen molar-refractivity contribution in [2.75, 3.05) is 18.0 Å². The quantitative estimate of drug-likeness (QED) is 0.639. The first-order valence-electron chi connectivity index (χ1n) is 7.38. The summed E-state index contributed by atoms with van der Waals surface area (Å²) < 4.78 is 19.9. The fourth-order valence-electron chi connectivity index (χ4n) is 2.27. The van der Waals surface area contributed by atoms with Crippen LogP contribution in [0.2, 0.25) is 0 Å². The maximum Gasteiger partial charge on any atom is 0.186 e. The summed E-state index contributed by atoms with van der Waals surface area (Å²) in [6.07, 6.45) is 4.04. The Kier molecular flexibility index (Phi) is 5.92. The molecule has 0 saturated carbocycles. The average Bonchev–Trinajstić information content (AvgIpc) is 2.55. The summed E-state index contributed by atoms with van der Waals surface area (Å²) in [4.78, 5) is 2.72. The van der Waals surface area contributed by atoms with E-state index < -0.39 is 11.1 Å². The molecule has 4 heteroatoms. The molecule has 0 heterocycles. The maximum absolute atomic E-state index is 10.9. The summed E-state index contributed by atoms with van der Waals surface area (Å²) >= 11 is -1.92. The predicted octanol–water partition coefficient (Wildman–Crippen LogP) is 4.28. The Hall–Kier alpha value is -1.91. The lowest BCUT2D eigenvalue weighted by atomic mass is 10.1. The molecule has 0 aliphatic heterocycles. The maximum atomic E-state index is 10.9. The second kappa shape index (κ2) is 7.92. The van der Waals surface area contributed by atoms with Crippen molar-refractivity contribution >= 4 is 28.9 Å². The summed E-state index contributed by atoms with van der Waals surface area (Å²) in [6, 6.07) is 15.5. The van der Waals surface area contributed by atoms with Crippen LogP contribution in [0.1, 0.15) is 25.0 Å². The summed E-state index contributed by atoms with van der Waals surface area (Å²) in [5, 5.41) is 0. The Morgan fingerprint density at radius 1 is 0.909 bits per heavy atom. The van der Waals surface area contributed by atoms with E-state index in [-0.39, 0.29) is 0 Å². The predicted molar refractivity (Wildman–Crippen MR) is 94.4 cm³/mol. The van der Waals surface area contributed by atoms with Gasteiger partial charge < -0.3 is 9.45 Å². The number of benzene rings is 2. The van der Waals surface area contributed by atoms with Crippen LogP contribution in [0.5, 0.6) is 0 Å². The van der Waals surface area contributed by atoms with Crippen molar-refractivity contribution in [3.05, 3.63) is 59.7 Å². The van der Waals surface area contributed by atoms with Crippen molar-refractivity contribution in [2.45, 2.75) is 18.7 Å². The highest BCUT2D eigenvalue weighted by atomic mass is 32.2. The van der Waals surface area contributed by atoms with Crippen LogP contribution < -0.4 is 4.90 Å². The molecule has 0 radical (unpaired) electrons. The van der Waals surface area contributed by atoms with Crippen LogP contribution in [0, 0.1) is 0 Å². The molecule has 2 rings (SSSR count). The van der Waals surface area contributed by atoms with Crippen molar-refractivity contribution in [3.63, 3.8) is 0 Å². The summed E-state index contributed by atoms with van der Waals surface area (Å²) in [5.74, 6) is 0. The molecular formula is C18H21NO2S. The van der Waals surface area contributed by atoms with Crippen LogP contribution >= 0.6 is 0 Å². The standard InChI is InChI=1S/C18H21NO2S/c1-3-19(4-2)17-11-7-15(8-12-17)5-6-16-9-13-18(14-10-16)22(20)21/h5-14H,3-4H2,1-2H3,(H,20,21)/b6-5+. The minimum atomic E-state index is -1.92. The molecule has 1 N–H and O–H groups in total. The van der Waals surface area contributed by atoms with Gasteiger partial charge in [0.1, 0.15) is 0 Å². The summed E-state index contributed by atoms with van der Waals surface area (Å²) in [7, 11) is 0. The van der Waals surface area contributed by atoms with E-state index in [9.17, 15) is 4.21 Å². The van der Waals surface area contributed by atoms with Gasteiger partial charge in [0.05, 0.1) is 4.90 Å². The molecule has 0 spiro atoms. The highest BCUT2D eigenvalue weighted by Crippen LogP contribution is 2.17. The number of hydrogen-bond acceptors (Lipinski definition) is 2. The zero-order valence-electron chi connectivity index (χ0n) is 12.9. The molecule has 2 aromatic carbocycles. The topological polar surface area (TPSA) is 40.5 Å². The highest BCUT2D eigenvalue weighted by Gasteiger charge is 2.00. The van der Waals surface area contributed by atoms with Gasteiger partial charge in [-0.2, -0.15) is 0 Å². The molecule has 0 amide bonds. The van der Waals surface area contributed by atoms with Crippen molar-refractivity contribution in [1.82, 2.24) is 0 Å². The van der Waals surface area contributed by atoms with Gasteiger partial charge in [-0.1, -0.05) is 36.4 Å². The molecule has 3 nitrogen and oxygen atoms in total. The lowest BCUT2D eigenvalue weighted by molar-refractivity contribution is 0.564. The third-order valence-corrected chi connectivity index (χ3v) is 4.25. The smallest absolute Gasteiger partial charge is 0.186 e. The fourth-order valence-corrected chi connectivity index (χ4v) is 2.64. The minimum absolute atomic E-state index is 0.417. The van der Waals surface area contributed by atoms with Gasteiger partial charge in [-0.3, -0.25) is 0 Å². The highest BCUT2D eigenvalue weighted by molar-refractivity contribution is 7.79. The Balaban J connectivity index is 2.08. The van der Waals surface area contributed by atoms with Crippen LogP contribution in [0.15, 0.2) is 53.4 Å². The molecule has 2 aromatic rings. The Labute approximate surface area is 134 Å². The number of hydrogen-bond donors (Lipinski definition) is 1. The molecule has 22 heavy (non-hydrogen) atoms. The Bertz CT molecular complexity index is 644. The molecule has 0 saturated heterocycles. The molecule has 1 atom stereocenters. The van der Waals surface area contributed by atoms with Crippen LogP contribution in [0.3, 0.4) is 0 Å². The monoisotopic (exact) mass is 315 g/mol.